The smallest absolute Gasteiger partial charge is 0.197 e. The van der Waals surface area contributed by atoms with Crippen LogP contribution in [0.5, 0.6) is 0 Å². The summed E-state index contributed by atoms with van der Waals surface area (Å²) in [7, 11) is -1.74. The summed E-state index contributed by atoms with van der Waals surface area (Å²) in [5.74, 6) is 0. The van der Waals surface area contributed by atoms with Crippen LogP contribution in [0.1, 0.15) is 32.1 Å². The summed E-state index contributed by atoms with van der Waals surface area (Å²) >= 11 is 0. The fourth-order valence-corrected chi connectivity index (χ4v) is 7.83. The Morgan fingerprint density at radius 3 is 2.08 bits per heavy atom. The molecule has 3 heteroatoms. The molecule has 1 aliphatic carbocycles. The standard InChI is InChI=1S/C10H23OSi2/c1-12(11-13(2,3)4)10-8-6-5-7-9-10/h10H,5-9H2,1-4H3. The van der Waals surface area contributed by atoms with Crippen LogP contribution in [0.3, 0.4) is 0 Å². The fraction of sp³-hybridized carbons (Fsp3) is 1.00. The van der Waals surface area contributed by atoms with Crippen LogP contribution < -0.4 is 0 Å². The maximum Gasteiger partial charge on any atom is 0.197 e. The van der Waals surface area contributed by atoms with Crippen LogP contribution in [0.4, 0.5) is 0 Å². The summed E-state index contributed by atoms with van der Waals surface area (Å²) in [6, 6.07) is 0. The lowest BCUT2D eigenvalue weighted by Gasteiger charge is -2.30. The molecule has 1 radical (unpaired) electrons. The van der Waals surface area contributed by atoms with Crippen LogP contribution in [-0.2, 0) is 4.12 Å². The zero-order valence-corrected chi connectivity index (χ0v) is 11.5. The maximum absolute atomic E-state index is 6.22. The van der Waals surface area contributed by atoms with Gasteiger partial charge in [0.2, 0.25) is 0 Å². The minimum atomic E-state index is -1.26. The highest BCUT2D eigenvalue weighted by Gasteiger charge is 2.27. The lowest BCUT2D eigenvalue weighted by atomic mass is 10.0. The van der Waals surface area contributed by atoms with Gasteiger partial charge in [-0.25, -0.2) is 0 Å². The van der Waals surface area contributed by atoms with Crippen molar-refractivity contribution in [2.24, 2.45) is 0 Å². The van der Waals surface area contributed by atoms with Gasteiger partial charge in [0, 0.05) is 0 Å². The van der Waals surface area contributed by atoms with Gasteiger partial charge in [0.15, 0.2) is 17.4 Å². The number of hydrogen-bond acceptors (Lipinski definition) is 1. The molecule has 0 amide bonds. The van der Waals surface area contributed by atoms with Gasteiger partial charge in [0.1, 0.15) is 0 Å². The fourth-order valence-electron chi connectivity index (χ4n) is 2.08. The Hall–Kier alpha value is 0.394. The Morgan fingerprint density at radius 2 is 1.62 bits per heavy atom. The Labute approximate surface area is 85.7 Å². The van der Waals surface area contributed by atoms with Crippen molar-refractivity contribution in [1.82, 2.24) is 0 Å². The first-order valence-electron chi connectivity index (χ1n) is 5.51. The molecule has 0 unspecified atom stereocenters. The minimum Gasteiger partial charge on any atom is -0.456 e. The first-order valence-corrected chi connectivity index (χ1v) is 10.9. The van der Waals surface area contributed by atoms with E-state index in [1.165, 1.54) is 32.1 Å². The molecular formula is C10H23OSi2. The quantitative estimate of drug-likeness (QED) is 0.651. The maximum atomic E-state index is 6.22. The third kappa shape index (κ3) is 4.43. The monoisotopic (exact) mass is 215 g/mol. The van der Waals surface area contributed by atoms with Gasteiger partial charge < -0.3 is 4.12 Å². The van der Waals surface area contributed by atoms with E-state index in [-0.39, 0.29) is 0 Å². The van der Waals surface area contributed by atoms with Crippen LogP contribution in [-0.4, -0.2) is 17.4 Å². The predicted octanol–water partition coefficient (Wildman–Crippen LogP) is 3.79. The third-order valence-electron chi connectivity index (χ3n) is 2.65. The predicted molar refractivity (Wildman–Crippen MR) is 62.9 cm³/mol. The normalized spacial score (nSPS) is 21.0. The lowest BCUT2D eigenvalue weighted by Crippen LogP contribution is -2.36. The van der Waals surface area contributed by atoms with E-state index in [1.54, 1.807) is 0 Å². The molecule has 1 aliphatic rings. The zero-order chi connectivity index (χ0) is 9.90. The Bertz CT molecular complexity index is 147. The second kappa shape index (κ2) is 4.76. The summed E-state index contributed by atoms with van der Waals surface area (Å²) in [5, 5.41) is 0. The lowest BCUT2D eigenvalue weighted by molar-refractivity contribution is 0.455. The van der Waals surface area contributed by atoms with Crippen molar-refractivity contribution in [3.63, 3.8) is 0 Å². The second-order valence-electron chi connectivity index (χ2n) is 5.16. The molecule has 1 nitrogen and oxygen atoms in total. The van der Waals surface area contributed by atoms with Crippen molar-refractivity contribution in [3.05, 3.63) is 0 Å². The Morgan fingerprint density at radius 1 is 1.08 bits per heavy atom. The van der Waals surface area contributed by atoms with Crippen LogP contribution in [0, 0.1) is 0 Å². The molecule has 0 aromatic rings. The molecule has 0 atom stereocenters. The van der Waals surface area contributed by atoms with Gasteiger partial charge in [0.25, 0.3) is 0 Å². The molecule has 1 saturated carbocycles. The van der Waals surface area contributed by atoms with Gasteiger partial charge in [-0.05, 0) is 31.7 Å². The van der Waals surface area contributed by atoms with Crippen molar-refractivity contribution < 1.29 is 4.12 Å². The van der Waals surface area contributed by atoms with Crippen molar-refractivity contribution in [2.45, 2.75) is 63.8 Å². The molecule has 77 valence electrons. The summed E-state index contributed by atoms with van der Waals surface area (Å²) in [6.07, 6.45) is 7.23. The third-order valence-corrected chi connectivity index (χ3v) is 8.11. The van der Waals surface area contributed by atoms with Crippen LogP contribution in [0.2, 0.25) is 31.7 Å². The van der Waals surface area contributed by atoms with Crippen molar-refractivity contribution in [1.29, 1.82) is 0 Å². The number of hydrogen-bond donors (Lipinski definition) is 0. The van der Waals surface area contributed by atoms with E-state index >= 15 is 0 Å². The van der Waals surface area contributed by atoms with Crippen molar-refractivity contribution >= 4 is 17.4 Å². The van der Waals surface area contributed by atoms with E-state index in [4.69, 9.17) is 4.12 Å². The number of rotatable bonds is 3. The molecule has 0 spiro atoms. The molecule has 0 saturated heterocycles. The topological polar surface area (TPSA) is 9.23 Å². The molecular weight excluding hydrogens is 192 g/mol. The van der Waals surface area contributed by atoms with Crippen molar-refractivity contribution in [2.75, 3.05) is 0 Å². The highest BCUT2D eigenvalue weighted by molar-refractivity contribution is 6.77. The van der Waals surface area contributed by atoms with Gasteiger partial charge in [-0.3, -0.25) is 0 Å². The summed E-state index contributed by atoms with van der Waals surface area (Å²) in [4.78, 5) is 0. The molecule has 0 heterocycles. The molecule has 13 heavy (non-hydrogen) atoms. The molecule has 1 fully saturated rings. The van der Waals surface area contributed by atoms with E-state index in [0.717, 1.165) is 5.54 Å². The van der Waals surface area contributed by atoms with Gasteiger partial charge in [0.05, 0.1) is 0 Å². The van der Waals surface area contributed by atoms with E-state index in [1.807, 2.05) is 0 Å². The first-order chi connectivity index (χ1) is 5.99. The summed E-state index contributed by atoms with van der Waals surface area (Å²) in [6.45, 7) is 9.30. The van der Waals surface area contributed by atoms with Gasteiger partial charge in [-0.1, -0.05) is 32.1 Å². The largest absolute Gasteiger partial charge is 0.456 e. The SMILES string of the molecule is C[Si](O[Si](C)(C)C)C1CCCCC1. The van der Waals surface area contributed by atoms with Crippen molar-refractivity contribution in [3.8, 4) is 0 Å². The van der Waals surface area contributed by atoms with Crippen LogP contribution in [0.15, 0.2) is 0 Å². The average Bonchev–Trinajstić information content (AvgIpc) is 2.03. The molecule has 0 aliphatic heterocycles. The second-order valence-corrected chi connectivity index (χ2v) is 12.2. The first kappa shape index (κ1) is 11.5. The van der Waals surface area contributed by atoms with Gasteiger partial charge in [-0.2, -0.15) is 0 Å². The van der Waals surface area contributed by atoms with E-state index < -0.39 is 17.4 Å². The van der Waals surface area contributed by atoms with E-state index in [9.17, 15) is 0 Å². The average molecular weight is 215 g/mol. The zero-order valence-electron chi connectivity index (χ0n) is 9.52. The molecule has 0 aromatic carbocycles. The summed E-state index contributed by atoms with van der Waals surface area (Å²) in [5.41, 5.74) is 0.950. The molecule has 0 N–H and O–H groups in total. The minimum absolute atomic E-state index is 0.486. The Kier molecular flexibility index (Phi) is 4.20. The molecule has 0 aromatic heterocycles. The van der Waals surface area contributed by atoms with Gasteiger partial charge in [-0.15, -0.1) is 0 Å². The van der Waals surface area contributed by atoms with E-state index in [0.29, 0.717) is 0 Å². The molecule has 1 rings (SSSR count). The van der Waals surface area contributed by atoms with Crippen LogP contribution >= 0.6 is 0 Å². The van der Waals surface area contributed by atoms with E-state index in [2.05, 4.69) is 26.2 Å². The van der Waals surface area contributed by atoms with Crippen LogP contribution in [0.25, 0.3) is 0 Å². The highest BCUT2D eigenvalue weighted by Crippen LogP contribution is 2.32. The summed E-state index contributed by atoms with van der Waals surface area (Å²) < 4.78 is 6.22. The Balaban J connectivity index is 2.33. The molecule has 0 bridgehead atoms. The van der Waals surface area contributed by atoms with Gasteiger partial charge >= 0.3 is 0 Å². The highest BCUT2D eigenvalue weighted by atomic mass is 28.4.